The van der Waals surface area contributed by atoms with Crippen molar-refractivity contribution in [2.24, 2.45) is 5.41 Å². The average Bonchev–Trinajstić information content (AvgIpc) is 2.66. The molecule has 0 amide bonds. The SMILES string of the molecule is CCCc1ccc(-c2ccc(OC(=O)C(C)(CCC)C(F)(F)F)c(F)c2F)cc1. The van der Waals surface area contributed by atoms with E-state index in [1.54, 1.807) is 24.3 Å². The quantitative estimate of drug-likeness (QED) is 0.281. The van der Waals surface area contributed by atoms with Crippen molar-refractivity contribution < 1.29 is 31.5 Å². The van der Waals surface area contributed by atoms with Gasteiger partial charge < -0.3 is 4.74 Å². The van der Waals surface area contributed by atoms with Gasteiger partial charge in [0.1, 0.15) is 0 Å². The van der Waals surface area contributed by atoms with Crippen molar-refractivity contribution in [1.82, 2.24) is 0 Å². The second-order valence-corrected chi connectivity index (χ2v) is 7.16. The van der Waals surface area contributed by atoms with Crippen LogP contribution in [0, 0.1) is 17.0 Å². The van der Waals surface area contributed by atoms with Crippen molar-refractivity contribution in [1.29, 1.82) is 0 Å². The highest BCUT2D eigenvalue weighted by Crippen LogP contribution is 2.43. The van der Waals surface area contributed by atoms with Gasteiger partial charge in [-0.3, -0.25) is 4.79 Å². The number of hydrogen-bond donors (Lipinski definition) is 0. The van der Waals surface area contributed by atoms with Crippen LogP contribution in [0.25, 0.3) is 11.1 Å². The molecule has 7 heteroatoms. The Kier molecular flexibility index (Phi) is 7.03. The van der Waals surface area contributed by atoms with E-state index < -0.39 is 41.4 Å². The van der Waals surface area contributed by atoms with E-state index in [4.69, 9.17) is 0 Å². The number of alkyl halides is 3. The molecule has 0 spiro atoms. The van der Waals surface area contributed by atoms with E-state index in [0.717, 1.165) is 24.5 Å². The molecule has 0 fully saturated rings. The Bertz CT molecular complexity index is 859. The van der Waals surface area contributed by atoms with Crippen molar-refractivity contribution >= 4 is 5.97 Å². The molecule has 2 nitrogen and oxygen atoms in total. The molecule has 2 aromatic rings. The van der Waals surface area contributed by atoms with Gasteiger partial charge in [0.05, 0.1) is 0 Å². The van der Waals surface area contributed by atoms with Crippen LogP contribution >= 0.6 is 0 Å². The molecule has 0 saturated heterocycles. The highest BCUT2D eigenvalue weighted by Gasteiger charge is 2.57. The summed E-state index contributed by atoms with van der Waals surface area (Å²) in [7, 11) is 0. The molecule has 0 aliphatic carbocycles. The second kappa shape index (κ2) is 8.93. The summed E-state index contributed by atoms with van der Waals surface area (Å²) in [5.74, 6) is -5.33. The van der Waals surface area contributed by atoms with Crippen LogP contribution < -0.4 is 4.74 Å². The zero-order valence-electron chi connectivity index (χ0n) is 16.5. The molecule has 29 heavy (non-hydrogen) atoms. The Hall–Kier alpha value is -2.44. The minimum atomic E-state index is -4.88. The van der Waals surface area contributed by atoms with E-state index in [1.165, 1.54) is 13.0 Å². The van der Waals surface area contributed by atoms with Crippen LogP contribution in [0.2, 0.25) is 0 Å². The highest BCUT2D eigenvalue weighted by molar-refractivity contribution is 5.80. The van der Waals surface area contributed by atoms with Gasteiger partial charge in [-0.2, -0.15) is 17.6 Å². The summed E-state index contributed by atoms with van der Waals surface area (Å²) < 4.78 is 73.6. The lowest BCUT2D eigenvalue weighted by atomic mass is 9.85. The van der Waals surface area contributed by atoms with E-state index in [1.807, 2.05) is 6.92 Å². The highest BCUT2D eigenvalue weighted by atomic mass is 19.4. The van der Waals surface area contributed by atoms with Crippen LogP contribution in [-0.2, 0) is 11.2 Å². The van der Waals surface area contributed by atoms with E-state index in [0.29, 0.717) is 12.5 Å². The number of aryl methyl sites for hydroxylation is 1. The van der Waals surface area contributed by atoms with Crippen molar-refractivity contribution in [3.8, 4) is 16.9 Å². The van der Waals surface area contributed by atoms with Crippen molar-refractivity contribution in [2.45, 2.75) is 52.6 Å². The predicted molar refractivity (Wildman–Crippen MR) is 100 cm³/mol. The molecule has 2 rings (SSSR count). The van der Waals surface area contributed by atoms with Gasteiger partial charge in [-0.05, 0) is 43.0 Å². The van der Waals surface area contributed by atoms with Gasteiger partial charge in [-0.25, -0.2) is 4.39 Å². The molecule has 1 unspecified atom stereocenters. The lowest BCUT2D eigenvalue weighted by Crippen LogP contribution is -2.45. The minimum absolute atomic E-state index is 0.0644. The fraction of sp³-hybridized carbons (Fsp3) is 0.409. The topological polar surface area (TPSA) is 26.3 Å². The zero-order valence-corrected chi connectivity index (χ0v) is 16.5. The number of esters is 1. The third-order valence-electron chi connectivity index (χ3n) is 4.88. The van der Waals surface area contributed by atoms with Gasteiger partial charge in [0.2, 0.25) is 5.82 Å². The van der Waals surface area contributed by atoms with Crippen molar-refractivity contribution in [2.75, 3.05) is 0 Å². The Morgan fingerprint density at radius 3 is 2.07 bits per heavy atom. The van der Waals surface area contributed by atoms with Crippen LogP contribution in [-0.4, -0.2) is 12.1 Å². The summed E-state index contributed by atoms with van der Waals surface area (Å²) in [6.07, 6.45) is -3.55. The number of carbonyl (C=O) groups is 1. The van der Waals surface area contributed by atoms with Gasteiger partial charge in [0.15, 0.2) is 17.0 Å². The maximum atomic E-state index is 14.5. The normalized spacial score (nSPS) is 13.8. The number of hydrogen-bond acceptors (Lipinski definition) is 2. The van der Waals surface area contributed by atoms with Gasteiger partial charge in [0.25, 0.3) is 0 Å². The number of halogens is 5. The summed E-state index contributed by atoms with van der Waals surface area (Å²) in [6.45, 7) is 4.20. The zero-order chi connectivity index (χ0) is 21.8. The monoisotopic (exact) mass is 414 g/mol. The molecule has 0 aliphatic heterocycles. The summed E-state index contributed by atoms with van der Waals surface area (Å²) in [6, 6.07) is 9.01. The number of benzene rings is 2. The van der Waals surface area contributed by atoms with E-state index in [2.05, 4.69) is 4.74 Å². The largest absolute Gasteiger partial charge is 0.423 e. The number of carbonyl (C=O) groups excluding carboxylic acids is 1. The fourth-order valence-electron chi connectivity index (χ4n) is 3.05. The lowest BCUT2D eigenvalue weighted by molar-refractivity contribution is -0.226. The van der Waals surface area contributed by atoms with Crippen LogP contribution in [0.5, 0.6) is 5.75 Å². The first kappa shape index (κ1) is 22.8. The molecular formula is C22H23F5O2. The molecule has 0 bridgehead atoms. The molecule has 0 heterocycles. The Morgan fingerprint density at radius 1 is 0.931 bits per heavy atom. The fourth-order valence-corrected chi connectivity index (χ4v) is 3.05. The molecule has 0 N–H and O–H groups in total. The summed E-state index contributed by atoms with van der Waals surface area (Å²) >= 11 is 0. The van der Waals surface area contributed by atoms with Crippen LogP contribution in [0.4, 0.5) is 22.0 Å². The third-order valence-corrected chi connectivity index (χ3v) is 4.88. The Balaban J connectivity index is 2.32. The van der Waals surface area contributed by atoms with Gasteiger partial charge in [-0.1, -0.05) is 51.0 Å². The molecule has 0 aliphatic rings. The molecule has 2 aromatic carbocycles. The minimum Gasteiger partial charge on any atom is -0.423 e. The lowest BCUT2D eigenvalue weighted by Gasteiger charge is -2.29. The van der Waals surface area contributed by atoms with E-state index in [9.17, 15) is 26.7 Å². The third kappa shape index (κ3) is 4.77. The molecule has 0 saturated carbocycles. The molecule has 0 aromatic heterocycles. The predicted octanol–water partition coefficient (Wildman–Crippen LogP) is 6.86. The van der Waals surface area contributed by atoms with Gasteiger partial charge in [-0.15, -0.1) is 0 Å². The first-order chi connectivity index (χ1) is 13.5. The molecule has 0 radical (unpaired) electrons. The van der Waals surface area contributed by atoms with Crippen molar-refractivity contribution in [3.63, 3.8) is 0 Å². The maximum absolute atomic E-state index is 14.5. The smallest absolute Gasteiger partial charge is 0.404 e. The Morgan fingerprint density at radius 2 is 1.55 bits per heavy atom. The number of ether oxygens (including phenoxy) is 1. The first-order valence-electron chi connectivity index (χ1n) is 9.41. The van der Waals surface area contributed by atoms with Crippen LogP contribution in [0.1, 0.15) is 45.6 Å². The van der Waals surface area contributed by atoms with Crippen molar-refractivity contribution in [3.05, 3.63) is 53.6 Å². The molecule has 1 atom stereocenters. The Labute approximate surface area is 166 Å². The second-order valence-electron chi connectivity index (χ2n) is 7.16. The first-order valence-corrected chi connectivity index (χ1v) is 9.41. The summed E-state index contributed by atoms with van der Waals surface area (Å²) in [4.78, 5) is 12.2. The number of rotatable bonds is 7. The van der Waals surface area contributed by atoms with E-state index >= 15 is 0 Å². The molecule has 158 valence electrons. The average molecular weight is 414 g/mol. The van der Waals surface area contributed by atoms with Gasteiger partial charge in [0, 0.05) is 5.56 Å². The summed E-state index contributed by atoms with van der Waals surface area (Å²) in [5.41, 5.74) is -1.42. The maximum Gasteiger partial charge on any atom is 0.404 e. The summed E-state index contributed by atoms with van der Waals surface area (Å²) in [5, 5.41) is 0. The molecular weight excluding hydrogens is 391 g/mol. The van der Waals surface area contributed by atoms with Gasteiger partial charge >= 0.3 is 12.1 Å². The van der Waals surface area contributed by atoms with E-state index in [-0.39, 0.29) is 12.0 Å². The standard InChI is InChI=1S/C22H23F5O2/c1-4-6-14-7-9-15(10-8-14)16-11-12-17(19(24)18(16)23)29-20(28)21(3,13-5-2)22(25,26)27/h7-12H,4-6,13H2,1-3H3. The van der Waals surface area contributed by atoms with Crippen LogP contribution in [0.3, 0.4) is 0 Å². The van der Waals surface area contributed by atoms with Crippen LogP contribution in [0.15, 0.2) is 36.4 Å².